The molecule has 1 aromatic carbocycles. The van der Waals surface area contributed by atoms with Crippen LogP contribution in [0.3, 0.4) is 0 Å². The van der Waals surface area contributed by atoms with Crippen LogP contribution < -0.4 is 19.7 Å². The second-order valence-corrected chi connectivity index (χ2v) is 5.67. The minimum Gasteiger partial charge on any atom is -0.492 e. The van der Waals surface area contributed by atoms with Gasteiger partial charge < -0.3 is 19.7 Å². The van der Waals surface area contributed by atoms with Gasteiger partial charge >= 0.3 is 0 Å². The first-order valence-corrected chi connectivity index (χ1v) is 7.64. The number of thiazole rings is 1. The topological polar surface area (TPSA) is 46.6 Å². The molecule has 0 amide bonds. The number of ether oxygens (including phenoxy) is 2. The second kappa shape index (κ2) is 7.17. The lowest BCUT2D eigenvalue weighted by atomic mass is 10.3. The first-order valence-electron chi connectivity index (χ1n) is 6.82. The molecule has 1 N–H and O–H groups in total. The minimum absolute atomic E-state index is 0.646. The van der Waals surface area contributed by atoms with E-state index in [4.69, 9.17) is 9.47 Å². The van der Waals surface area contributed by atoms with Crippen LogP contribution in [-0.2, 0) is 6.54 Å². The highest BCUT2D eigenvalue weighted by Gasteiger charge is 2.13. The molecule has 2 aromatic rings. The normalized spacial score (nSPS) is 10.3. The van der Waals surface area contributed by atoms with E-state index < -0.39 is 0 Å². The molecule has 0 aliphatic rings. The molecule has 0 bridgehead atoms. The van der Waals surface area contributed by atoms with E-state index in [1.165, 1.54) is 0 Å². The second-order valence-electron chi connectivity index (χ2n) is 4.61. The van der Waals surface area contributed by atoms with E-state index in [2.05, 4.69) is 10.3 Å². The Morgan fingerprint density at radius 2 is 2.05 bits per heavy atom. The summed E-state index contributed by atoms with van der Waals surface area (Å²) < 4.78 is 11.0. The first-order chi connectivity index (χ1) is 10.2. The van der Waals surface area contributed by atoms with Crippen LogP contribution in [0.25, 0.3) is 0 Å². The van der Waals surface area contributed by atoms with E-state index in [9.17, 15) is 0 Å². The summed E-state index contributed by atoms with van der Waals surface area (Å²) in [4.78, 5) is 7.49. The number of hydrogen-bond acceptors (Lipinski definition) is 6. The van der Waals surface area contributed by atoms with Gasteiger partial charge in [0.2, 0.25) is 5.88 Å². The van der Waals surface area contributed by atoms with Crippen LogP contribution in [-0.4, -0.2) is 32.8 Å². The Labute approximate surface area is 129 Å². The Morgan fingerprint density at radius 1 is 1.29 bits per heavy atom. The molecule has 5 nitrogen and oxygen atoms in total. The average molecular weight is 307 g/mol. The first kappa shape index (κ1) is 15.4. The van der Waals surface area contributed by atoms with Crippen LogP contribution in [0.2, 0.25) is 0 Å². The quantitative estimate of drug-likeness (QED) is 0.851. The smallest absolute Gasteiger partial charge is 0.231 e. The third kappa shape index (κ3) is 3.78. The highest BCUT2D eigenvalue weighted by atomic mass is 32.1. The molecule has 0 unspecified atom stereocenters. The third-order valence-electron chi connectivity index (χ3n) is 2.85. The molecule has 21 heavy (non-hydrogen) atoms. The Bertz CT molecular complexity index is 584. The number of rotatable bonds is 7. The van der Waals surface area contributed by atoms with Crippen molar-refractivity contribution >= 4 is 22.2 Å². The summed E-state index contributed by atoms with van der Waals surface area (Å²) in [5, 5.41) is 4.32. The monoisotopic (exact) mass is 307 g/mol. The van der Waals surface area contributed by atoms with Gasteiger partial charge in [0.1, 0.15) is 5.75 Å². The predicted molar refractivity (Wildman–Crippen MR) is 87.9 cm³/mol. The van der Waals surface area contributed by atoms with Crippen molar-refractivity contribution in [2.75, 3.05) is 38.0 Å². The van der Waals surface area contributed by atoms with Crippen molar-refractivity contribution in [3.05, 3.63) is 29.1 Å². The molecule has 0 aliphatic heterocycles. The van der Waals surface area contributed by atoms with E-state index in [1.54, 1.807) is 18.4 Å². The molecule has 0 saturated heterocycles. The highest BCUT2D eigenvalue weighted by molar-refractivity contribution is 7.15. The lowest BCUT2D eigenvalue weighted by molar-refractivity contribution is 0.341. The fourth-order valence-corrected chi connectivity index (χ4v) is 2.75. The number of nitrogens with zero attached hydrogens (tertiary/aromatic N) is 2. The van der Waals surface area contributed by atoms with Crippen molar-refractivity contribution < 1.29 is 9.47 Å². The summed E-state index contributed by atoms with van der Waals surface area (Å²) in [6.45, 7) is 3.28. The van der Waals surface area contributed by atoms with Crippen molar-refractivity contribution in [1.29, 1.82) is 0 Å². The Hall–Kier alpha value is -1.95. The van der Waals surface area contributed by atoms with Gasteiger partial charge in [0.25, 0.3) is 0 Å². The fourth-order valence-electron chi connectivity index (χ4n) is 1.86. The van der Waals surface area contributed by atoms with Crippen molar-refractivity contribution in [1.82, 2.24) is 4.98 Å². The van der Waals surface area contributed by atoms with Gasteiger partial charge in [0.15, 0.2) is 5.13 Å². The highest BCUT2D eigenvalue weighted by Crippen LogP contribution is 2.32. The summed E-state index contributed by atoms with van der Waals surface area (Å²) in [5.41, 5.74) is 0.973. The van der Waals surface area contributed by atoms with Crippen molar-refractivity contribution in [3.63, 3.8) is 0 Å². The number of hydrogen-bond donors (Lipinski definition) is 1. The van der Waals surface area contributed by atoms with E-state index in [0.29, 0.717) is 19.0 Å². The number of methoxy groups -OCH3 is 1. The van der Waals surface area contributed by atoms with Crippen LogP contribution in [0.15, 0.2) is 24.3 Å². The number of nitrogens with one attached hydrogen (secondary N) is 1. The Balaban J connectivity index is 2.12. The molecule has 2 rings (SSSR count). The van der Waals surface area contributed by atoms with Gasteiger partial charge in [-0.2, -0.15) is 4.98 Å². The van der Waals surface area contributed by atoms with Crippen molar-refractivity contribution in [3.8, 4) is 11.6 Å². The van der Waals surface area contributed by atoms with Gasteiger partial charge in [-0.25, -0.2) is 0 Å². The van der Waals surface area contributed by atoms with Crippen LogP contribution >= 0.6 is 11.3 Å². The van der Waals surface area contributed by atoms with Gasteiger partial charge in [0, 0.05) is 14.1 Å². The maximum absolute atomic E-state index is 5.61. The zero-order chi connectivity index (χ0) is 15.2. The summed E-state index contributed by atoms with van der Waals surface area (Å²) in [5.74, 6) is 1.53. The molecular formula is C15H21N3O2S. The summed E-state index contributed by atoms with van der Waals surface area (Å²) in [7, 11) is 5.59. The van der Waals surface area contributed by atoms with Crippen LogP contribution in [0.4, 0.5) is 10.8 Å². The Kier molecular flexibility index (Phi) is 5.27. The van der Waals surface area contributed by atoms with Gasteiger partial charge in [-0.1, -0.05) is 23.5 Å². The summed E-state index contributed by atoms with van der Waals surface area (Å²) in [6.07, 6.45) is 0. The van der Waals surface area contributed by atoms with Crippen LogP contribution in [0.5, 0.6) is 11.6 Å². The molecular weight excluding hydrogens is 286 g/mol. The summed E-state index contributed by atoms with van der Waals surface area (Å²) in [6, 6.07) is 7.92. The fraction of sp³-hybridized carbons (Fsp3) is 0.400. The zero-order valence-corrected chi connectivity index (χ0v) is 13.7. The molecule has 1 heterocycles. The Morgan fingerprint density at radius 3 is 2.71 bits per heavy atom. The standard InChI is InChI=1S/C15H21N3O2S/c1-5-20-12-9-7-6-8-11(12)16-10-13-14(19-4)17-15(21-13)18(2)3/h6-9,16H,5,10H2,1-4H3. The van der Waals surface area contributed by atoms with Gasteiger partial charge in [-0.15, -0.1) is 0 Å². The summed E-state index contributed by atoms with van der Waals surface area (Å²) >= 11 is 1.62. The van der Waals surface area contributed by atoms with E-state index in [1.807, 2.05) is 50.2 Å². The molecule has 0 aliphatic carbocycles. The molecule has 0 atom stereocenters. The maximum atomic E-state index is 5.61. The molecule has 0 spiro atoms. The molecule has 0 radical (unpaired) electrons. The van der Waals surface area contributed by atoms with E-state index in [0.717, 1.165) is 21.4 Å². The number of benzene rings is 1. The van der Waals surface area contributed by atoms with Gasteiger partial charge in [-0.3, -0.25) is 0 Å². The van der Waals surface area contributed by atoms with Gasteiger partial charge in [0.05, 0.1) is 30.8 Å². The van der Waals surface area contributed by atoms with E-state index in [-0.39, 0.29) is 0 Å². The molecule has 0 saturated carbocycles. The van der Waals surface area contributed by atoms with Crippen molar-refractivity contribution in [2.45, 2.75) is 13.5 Å². The molecule has 114 valence electrons. The average Bonchev–Trinajstić information content (AvgIpc) is 2.90. The third-order valence-corrected chi connectivity index (χ3v) is 4.06. The van der Waals surface area contributed by atoms with E-state index >= 15 is 0 Å². The van der Waals surface area contributed by atoms with Crippen LogP contribution in [0, 0.1) is 0 Å². The SMILES string of the molecule is CCOc1ccccc1NCc1sc(N(C)C)nc1OC. The maximum Gasteiger partial charge on any atom is 0.231 e. The minimum atomic E-state index is 0.646. The molecule has 0 fully saturated rings. The number of para-hydroxylation sites is 2. The number of anilines is 2. The lowest BCUT2D eigenvalue weighted by Gasteiger charge is -2.11. The lowest BCUT2D eigenvalue weighted by Crippen LogP contribution is -2.07. The molecule has 6 heteroatoms. The molecule has 1 aromatic heterocycles. The number of aromatic nitrogens is 1. The largest absolute Gasteiger partial charge is 0.492 e. The van der Waals surface area contributed by atoms with Crippen molar-refractivity contribution in [2.24, 2.45) is 0 Å². The van der Waals surface area contributed by atoms with Crippen LogP contribution in [0.1, 0.15) is 11.8 Å². The predicted octanol–water partition coefficient (Wildman–Crippen LogP) is 3.23. The van der Waals surface area contributed by atoms with Gasteiger partial charge in [-0.05, 0) is 19.1 Å². The zero-order valence-electron chi connectivity index (χ0n) is 12.8.